The fraction of sp³-hybridized carbons (Fsp3) is 1.00. The average Bonchev–Trinajstić information content (AvgIpc) is 2.40. The molecule has 1 atom stereocenters. The SMILES string of the molecule is CCCCCNCC(C)N(CC)CC(CC)CC. The fourth-order valence-electron chi connectivity index (χ4n) is 2.44. The lowest BCUT2D eigenvalue weighted by Gasteiger charge is -2.31. The van der Waals surface area contributed by atoms with Gasteiger partial charge < -0.3 is 5.32 Å². The molecule has 0 aliphatic heterocycles. The highest BCUT2D eigenvalue weighted by molar-refractivity contribution is 4.71. The zero-order chi connectivity index (χ0) is 13.8. The van der Waals surface area contributed by atoms with E-state index >= 15 is 0 Å². The molecular formula is C16H36N2. The zero-order valence-electron chi connectivity index (χ0n) is 13.5. The van der Waals surface area contributed by atoms with Gasteiger partial charge in [-0.05, 0) is 32.4 Å². The molecule has 0 aromatic heterocycles. The number of nitrogens with zero attached hydrogens (tertiary/aromatic N) is 1. The van der Waals surface area contributed by atoms with Gasteiger partial charge in [0.2, 0.25) is 0 Å². The molecule has 0 aromatic rings. The number of rotatable bonds is 12. The Balaban J connectivity index is 3.84. The summed E-state index contributed by atoms with van der Waals surface area (Å²) in [6.07, 6.45) is 6.61. The molecule has 1 N–H and O–H groups in total. The van der Waals surface area contributed by atoms with Crippen LogP contribution in [0.3, 0.4) is 0 Å². The molecule has 0 heterocycles. The van der Waals surface area contributed by atoms with Crippen molar-refractivity contribution in [1.82, 2.24) is 10.2 Å². The summed E-state index contributed by atoms with van der Waals surface area (Å²) >= 11 is 0. The monoisotopic (exact) mass is 256 g/mol. The first kappa shape index (κ1) is 17.9. The van der Waals surface area contributed by atoms with Crippen molar-refractivity contribution in [1.29, 1.82) is 0 Å². The summed E-state index contributed by atoms with van der Waals surface area (Å²) in [6.45, 7) is 16.3. The van der Waals surface area contributed by atoms with Crippen LogP contribution in [0.25, 0.3) is 0 Å². The first-order chi connectivity index (χ1) is 8.69. The van der Waals surface area contributed by atoms with Crippen molar-refractivity contribution < 1.29 is 0 Å². The van der Waals surface area contributed by atoms with Crippen LogP contribution in [0.4, 0.5) is 0 Å². The molecule has 0 spiro atoms. The quantitative estimate of drug-likeness (QED) is 0.533. The molecule has 0 rings (SSSR count). The first-order valence-corrected chi connectivity index (χ1v) is 8.14. The molecule has 0 radical (unpaired) electrons. The van der Waals surface area contributed by atoms with Crippen molar-refractivity contribution in [2.45, 2.75) is 72.8 Å². The Labute approximate surface area is 116 Å². The molecule has 0 aliphatic carbocycles. The second kappa shape index (κ2) is 12.0. The largest absolute Gasteiger partial charge is 0.315 e. The van der Waals surface area contributed by atoms with Crippen molar-refractivity contribution >= 4 is 0 Å². The predicted molar refractivity (Wildman–Crippen MR) is 83.2 cm³/mol. The van der Waals surface area contributed by atoms with Gasteiger partial charge in [-0.2, -0.15) is 0 Å². The highest BCUT2D eigenvalue weighted by Gasteiger charge is 2.15. The molecule has 18 heavy (non-hydrogen) atoms. The van der Waals surface area contributed by atoms with Crippen molar-refractivity contribution in [3.8, 4) is 0 Å². The molecule has 2 nitrogen and oxygen atoms in total. The Bertz CT molecular complexity index is 166. The first-order valence-electron chi connectivity index (χ1n) is 8.14. The summed E-state index contributed by atoms with van der Waals surface area (Å²) in [4.78, 5) is 2.63. The Hall–Kier alpha value is -0.0800. The summed E-state index contributed by atoms with van der Waals surface area (Å²) in [5.74, 6) is 0.868. The lowest BCUT2D eigenvalue weighted by molar-refractivity contribution is 0.177. The van der Waals surface area contributed by atoms with E-state index in [1.807, 2.05) is 0 Å². The van der Waals surface area contributed by atoms with Gasteiger partial charge in [0.1, 0.15) is 0 Å². The van der Waals surface area contributed by atoms with E-state index in [9.17, 15) is 0 Å². The molecule has 1 unspecified atom stereocenters. The Morgan fingerprint density at radius 1 is 1.00 bits per heavy atom. The third-order valence-corrected chi connectivity index (χ3v) is 4.07. The summed E-state index contributed by atoms with van der Waals surface area (Å²) in [5, 5.41) is 3.60. The topological polar surface area (TPSA) is 15.3 Å². The third kappa shape index (κ3) is 8.10. The third-order valence-electron chi connectivity index (χ3n) is 4.07. The van der Waals surface area contributed by atoms with Crippen molar-refractivity contribution in [3.63, 3.8) is 0 Å². The highest BCUT2D eigenvalue weighted by atomic mass is 15.2. The van der Waals surface area contributed by atoms with Crippen LogP contribution in [-0.4, -0.2) is 37.1 Å². The van der Waals surface area contributed by atoms with E-state index in [0.29, 0.717) is 6.04 Å². The van der Waals surface area contributed by atoms with E-state index in [1.165, 1.54) is 51.7 Å². The van der Waals surface area contributed by atoms with Gasteiger partial charge in [-0.15, -0.1) is 0 Å². The molecule has 0 saturated heterocycles. The normalized spacial score (nSPS) is 13.5. The minimum Gasteiger partial charge on any atom is -0.315 e. The summed E-state index contributed by atoms with van der Waals surface area (Å²) < 4.78 is 0. The fourth-order valence-corrected chi connectivity index (χ4v) is 2.44. The van der Waals surface area contributed by atoms with Crippen LogP contribution in [0.1, 0.15) is 66.7 Å². The number of likely N-dealkylation sites (N-methyl/N-ethyl adjacent to an activating group) is 1. The van der Waals surface area contributed by atoms with Crippen molar-refractivity contribution in [2.75, 3.05) is 26.2 Å². The lowest BCUT2D eigenvalue weighted by Crippen LogP contribution is -2.42. The molecule has 2 heteroatoms. The van der Waals surface area contributed by atoms with Crippen LogP contribution in [0.15, 0.2) is 0 Å². The van der Waals surface area contributed by atoms with Crippen LogP contribution in [0, 0.1) is 5.92 Å². The van der Waals surface area contributed by atoms with Gasteiger partial charge in [-0.1, -0.05) is 53.4 Å². The molecule has 0 bridgehead atoms. The highest BCUT2D eigenvalue weighted by Crippen LogP contribution is 2.11. The van der Waals surface area contributed by atoms with Crippen molar-refractivity contribution in [2.24, 2.45) is 5.92 Å². The number of nitrogens with one attached hydrogen (secondary N) is 1. The maximum absolute atomic E-state index is 3.60. The predicted octanol–water partition coefficient (Wildman–Crippen LogP) is 3.91. The van der Waals surface area contributed by atoms with E-state index in [0.717, 1.165) is 12.5 Å². The maximum atomic E-state index is 3.60. The maximum Gasteiger partial charge on any atom is 0.0192 e. The Kier molecular flexibility index (Phi) is 11.9. The number of hydrogen-bond donors (Lipinski definition) is 1. The molecule has 0 fully saturated rings. The van der Waals surface area contributed by atoms with Crippen LogP contribution in [0.2, 0.25) is 0 Å². The van der Waals surface area contributed by atoms with Crippen molar-refractivity contribution in [3.05, 3.63) is 0 Å². The van der Waals surface area contributed by atoms with Gasteiger partial charge in [0.05, 0.1) is 0 Å². The van der Waals surface area contributed by atoms with Gasteiger partial charge in [-0.25, -0.2) is 0 Å². The van der Waals surface area contributed by atoms with Crippen LogP contribution < -0.4 is 5.32 Å². The number of hydrogen-bond acceptors (Lipinski definition) is 2. The Morgan fingerprint density at radius 2 is 1.67 bits per heavy atom. The summed E-state index contributed by atoms with van der Waals surface area (Å²) in [5.41, 5.74) is 0. The molecule has 0 amide bonds. The second-order valence-corrected chi connectivity index (χ2v) is 5.53. The molecule has 0 saturated carbocycles. The Morgan fingerprint density at radius 3 is 2.17 bits per heavy atom. The van der Waals surface area contributed by atoms with Gasteiger partial charge in [0.25, 0.3) is 0 Å². The lowest BCUT2D eigenvalue weighted by atomic mass is 10.0. The van der Waals surface area contributed by atoms with Gasteiger partial charge >= 0.3 is 0 Å². The van der Waals surface area contributed by atoms with Gasteiger partial charge in [0.15, 0.2) is 0 Å². The standard InChI is InChI=1S/C16H36N2/c1-6-10-11-12-17-13-15(5)18(9-4)14-16(7-2)8-3/h15-17H,6-14H2,1-5H3. The van der Waals surface area contributed by atoms with Crippen LogP contribution in [-0.2, 0) is 0 Å². The smallest absolute Gasteiger partial charge is 0.0192 e. The van der Waals surface area contributed by atoms with E-state index in [1.54, 1.807) is 0 Å². The van der Waals surface area contributed by atoms with E-state index < -0.39 is 0 Å². The van der Waals surface area contributed by atoms with Crippen LogP contribution in [0.5, 0.6) is 0 Å². The average molecular weight is 256 g/mol. The zero-order valence-corrected chi connectivity index (χ0v) is 13.5. The van der Waals surface area contributed by atoms with Gasteiger partial charge in [0, 0.05) is 19.1 Å². The molecule has 0 aromatic carbocycles. The molecule has 110 valence electrons. The van der Waals surface area contributed by atoms with E-state index in [2.05, 4.69) is 44.8 Å². The summed E-state index contributed by atoms with van der Waals surface area (Å²) in [6, 6.07) is 0.664. The minimum absolute atomic E-state index is 0.664. The van der Waals surface area contributed by atoms with E-state index in [4.69, 9.17) is 0 Å². The minimum atomic E-state index is 0.664. The number of unbranched alkanes of at least 4 members (excludes halogenated alkanes) is 2. The van der Waals surface area contributed by atoms with Gasteiger partial charge in [-0.3, -0.25) is 4.90 Å². The van der Waals surface area contributed by atoms with Crippen LogP contribution >= 0.6 is 0 Å². The van der Waals surface area contributed by atoms with E-state index in [-0.39, 0.29) is 0 Å². The summed E-state index contributed by atoms with van der Waals surface area (Å²) in [7, 11) is 0. The molecule has 0 aliphatic rings. The second-order valence-electron chi connectivity index (χ2n) is 5.53. The molecular weight excluding hydrogens is 220 g/mol.